The summed E-state index contributed by atoms with van der Waals surface area (Å²) in [6.07, 6.45) is 3.68. The second-order valence-corrected chi connectivity index (χ2v) is 3.50. The monoisotopic (exact) mass is 224 g/mol. The molecule has 2 rings (SSSR count). The number of benzene rings is 1. The molecule has 0 saturated carbocycles. The molecule has 3 nitrogen and oxygen atoms in total. The average Bonchev–Trinajstić information content (AvgIpc) is 2.22. The number of hydrogen-bond acceptors (Lipinski definition) is 3. The molecule has 0 saturated heterocycles. The quantitative estimate of drug-likeness (QED) is 0.544. The Bertz CT molecular complexity index is 438. The molecule has 0 aromatic heterocycles. The van der Waals surface area contributed by atoms with Crippen LogP contribution in [0.25, 0.3) is 6.08 Å². The molecule has 1 aliphatic heterocycles. The number of carbonyl (C=O) groups is 1. The van der Waals surface area contributed by atoms with Crippen molar-refractivity contribution in [3.8, 4) is 11.5 Å². The van der Waals surface area contributed by atoms with Crippen LogP contribution in [0.1, 0.15) is 12.5 Å². The minimum Gasteiger partial charge on any atom is -0.487 e. The first-order chi connectivity index (χ1) is 7.18. The van der Waals surface area contributed by atoms with Crippen molar-refractivity contribution >= 4 is 23.6 Å². The van der Waals surface area contributed by atoms with Gasteiger partial charge < -0.3 is 9.47 Å². The van der Waals surface area contributed by atoms with Crippen LogP contribution in [0, 0.1) is 0 Å². The van der Waals surface area contributed by atoms with Crippen molar-refractivity contribution in [2.24, 2.45) is 0 Å². The Morgan fingerprint density at radius 3 is 3.07 bits per heavy atom. The van der Waals surface area contributed by atoms with E-state index in [1.165, 1.54) is 6.92 Å². The van der Waals surface area contributed by atoms with Gasteiger partial charge in [0.2, 0.25) is 0 Å². The summed E-state index contributed by atoms with van der Waals surface area (Å²) in [4.78, 5) is 10.9. The predicted octanol–water partition coefficient (Wildman–Crippen LogP) is 2.67. The lowest BCUT2D eigenvalue weighted by Crippen LogP contribution is -2.06. The van der Waals surface area contributed by atoms with E-state index < -0.39 is 0 Å². The van der Waals surface area contributed by atoms with Crippen molar-refractivity contribution in [3.05, 3.63) is 28.8 Å². The van der Waals surface area contributed by atoms with E-state index in [0.717, 1.165) is 0 Å². The van der Waals surface area contributed by atoms with Crippen molar-refractivity contribution in [1.29, 1.82) is 0 Å². The van der Waals surface area contributed by atoms with Crippen LogP contribution in [-0.2, 0) is 4.79 Å². The van der Waals surface area contributed by atoms with E-state index in [1.807, 2.05) is 12.2 Å². The molecular formula is C11H9ClO3. The molecule has 0 amide bonds. The van der Waals surface area contributed by atoms with Gasteiger partial charge >= 0.3 is 5.97 Å². The van der Waals surface area contributed by atoms with Gasteiger partial charge in [0.05, 0.1) is 10.6 Å². The van der Waals surface area contributed by atoms with Crippen molar-refractivity contribution in [3.63, 3.8) is 0 Å². The van der Waals surface area contributed by atoms with Crippen LogP contribution in [0.15, 0.2) is 18.2 Å². The van der Waals surface area contributed by atoms with Gasteiger partial charge in [-0.2, -0.15) is 0 Å². The van der Waals surface area contributed by atoms with E-state index in [1.54, 1.807) is 12.1 Å². The molecule has 0 N–H and O–H groups in total. The maximum absolute atomic E-state index is 10.9. The Labute approximate surface area is 92.3 Å². The first-order valence-electron chi connectivity index (χ1n) is 4.49. The Balaban J connectivity index is 2.49. The summed E-state index contributed by atoms with van der Waals surface area (Å²) in [5.74, 6) is 0.675. The Morgan fingerprint density at radius 2 is 2.33 bits per heavy atom. The van der Waals surface area contributed by atoms with Crippen LogP contribution >= 0.6 is 11.6 Å². The molecule has 1 aromatic carbocycles. The molecule has 0 radical (unpaired) electrons. The molecule has 15 heavy (non-hydrogen) atoms. The van der Waals surface area contributed by atoms with E-state index >= 15 is 0 Å². The van der Waals surface area contributed by atoms with Gasteiger partial charge in [-0.05, 0) is 24.3 Å². The molecule has 0 bridgehead atoms. The van der Waals surface area contributed by atoms with E-state index in [-0.39, 0.29) is 5.97 Å². The lowest BCUT2D eigenvalue weighted by molar-refractivity contribution is -0.131. The van der Waals surface area contributed by atoms with Gasteiger partial charge in [-0.3, -0.25) is 4.79 Å². The Morgan fingerprint density at radius 1 is 1.53 bits per heavy atom. The number of rotatable bonds is 1. The third-order valence-electron chi connectivity index (χ3n) is 1.97. The minimum absolute atomic E-state index is 0.363. The molecule has 0 unspecified atom stereocenters. The summed E-state index contributed by atoms with van der Waals surface area (Å²) in [6.45, 7) is 1.84. The highest BCUT2D eigenvalue weighted by molar-refractivity contribution is 6.32. The van der Waals surface area contributed by atoms with Crippen LogP contribution in [0.5, 0.6) is 11.5 Å². The SMILES string of the molecule is CC(=O)Oc1ccc(Cl)c2c1C=CCO2. The van der Waals surface area contributed by atoms with Gasteiger partial charge in [-0.25, -0.2) is 0 Å². The molecule has 0 aliphatic carbocycles. The van der Waals surface area contributed by atoms with Gasteiger partial charge in [0.25, 0.3) is 0 Å². The van der Waals surface area contributed by atoms with Gasteiger partial charge in [-0.15, -0.1) is 0 Å². The van der Waals surface area contributed by atoms with E-state index in [0.29, 0.717) is 28.7 Å². The summed E-state index contributed by atoms with van der Waals surface area (Å²) >= 11 is 5.95. The van der Waals surface area contributed by atoms with Crippen molar-refractivity contribution in [2.45, 2.75) is 6.92 Å². The lowest BCUT2D eigenvalue weighted by Gasteiger charge is -2.16. The van der Waals surface area contributed by atoms with Crippen LogP contribution in [0.2, 0.25) is 5.02 Å². The predicted molar refractivity (Wildman–Crippen MR) is 57.3 cm³/mol. The molecule has 4 heteroatoms. The van der Waals surface area contributed by atoms with Crippen molar-refractivity contribution in [1.82, 2.24) is 0 Å². The Hall–Kier alpha value is -1.48. The number of esters is 1. The zero-order valence-corrected chi connectivity index (χ0v) is 8.88. The molecule has 1 aliphatic rings. The largest absolute Gasteiger partial charge is 0.487 e. The lowest BCUT2D eigenvalue weighted by atomic mass is 10.1. The van der Waals surface area contributed by atoms with Gasteiger partial charge in [-0.1, -0.05) is 11.6 Å². The van der Waals surface area contributed by atoms with Crippen LogP contribution in [0.3, 0.4) is 0 Å². The standard InChI is InChI=1S/C11H9ClO3/c1-7(13)15-10-5-4-9(12)11-8(10)3-2-6-14-11/h2-5H,6H2,1H3. The van der Waals surface area contributed by atoms with Gasteiger partial charge in [0.15, 0.2) is 0 Å². The number of fused-ring (bicyclic) bond motifs is 1. The molecular weight excluding hydrogens is 216 g/mol. The highest BCUT2D eigenvalue weighted by Crippen LogP contribution is 2.38. The number of halogens is 1. The van der Waals surface area contributed by atoms with Crippen molar-refractivity contribution < 1.29 is 14.3 Å². The number of ether oxygens (including phenoxy) is 2. The van der Waals surface area contributed by atoms with Crippen LogP contribution < -0.4 is 9.47 Å². The summed E-state index contributed by atoms with van der Waals surface area (Å²) in [5, 5.41) is 0.519. The summed E-state index contributed by atoms with van der Waals surface area (Å²) < 4.78 is 10.4. The first kappa shape index (κ1) is 10.1. The normalized spacial score (nSPS) is 12.9. The number of hydrogen-bond donors (Lipinski definition) is 0. The fourth-order valence-corrected chi connectivity index (χ4v) is 1.62. The maximum atomic E-state index is 10.9. The first-order valence-corrected chi connectivity index (χ1v) is 4.86. The molecule has 1 heterocycles. The molecule has 1 aromatic rings. The van der Waals surface area contributed by atoms with E-state index in [2.05, 4.69) is 0 Å². The molecule has 0 fully saturated rings. The maximum Gasteiger partial charge on any atom is 0.308 e. The summed E-state index contributed by atoms with van der Waals surface area (Å²) in [7, 11) is 0. The van der Waals surface area contributed by atoms with Gasteiger partial charge in [0.1, 0.15) is 18.1 Å². The second kappa shape index (κ2) is 3.95. The molecule has 0 spiro atoms. The topological polar surface area (TPSA) is 35.5 Å². The molecule has 78 valence electrons. The zero-order valence-electron chi connectivity index (χ0n) is 8.12. The fourth-order valence-electron chi connectivity index (χ4n) is 1.40. The summed E-state index contributed by atoms with van der Waals surface area (Å²) in [5.41, 5.74) is 0.712. The Kier molecular flexibility index (Phi) is 2.64. The van der Waals surface area contributed by atoms with E-state index in [9.17, 15) is 4.79 Å². The fraction of sp³-hybridized carbons (Fsp3) is 0.182. The smallest absolute Gasteiger partial charge is 0.308 e. The summed E-state index contributed by atoms with van der Waals surface area (Å²) in [6, 6.07) is 3.30. The highest BCUT2D eigenvalue weighted by Gasteiger charge is 2.16. The number of carbonyl (C=O) groups excluding carboxylic acids is 1. The minimum atomic E-state index is -0.363. The zero-order chi connectivity index (χ0) is 10.8. The average molecular weight is 225 g/mol. The van der Waals surface area contributed by atoms with Crippen LogP contribution in [-0.4, -0.2) is 12.6 Å². The van der Waals surface area contributed by atoms with Gasteiger partial charge in [0, 0.05) is 6.92 Å². The van der Waals surface area contributed by atoms with Crippen molar-refractivity contribution in [2.75, 3.05) is 6.61 Å². The highest BCUT2D eigenvalue weighted by atomic mass is 35.5. The third-order valence-corrected chi connectivity index (χ3v) is 2.27. The van der Waals surface area contributed by atoms with Crippen LogP contribution in [0.4, 0.5) is 0 Å². The second-order valence-electron chi connectivity index (χ2n) is 3.10. The third kappa shape index (κ3) is 1.97. The molecule has 0 atom stereocenters. The van der Waals surface area contributed by atoms with E-state index in [4.69, 9.17) is 21.1 Å².